The van der Waals surface area contributed by atoms with Gasteiger partial charge in [-0.2, -0.15) is 5.10 Å². The molecule has 2 saturated heterocycles. The van der Waals surface area contributed by atoms with Crippen molar-refractivity contribution in [3.63, 3.8) is 0 Å². The van der Waals surface area contributed by atoms with Crippen LogP contribution < -0.4 is 4.90 Å². The zero-order valence-corrected chi connectivity index (χ0v) is 15.7. The second kappa shape index (κ2) is 7.99. The lowest BCUT2D eigenvalue weighted by molar-refractivity contribution is -0.137. The summed E-state index contributed by atoms with van der Waals surface area (Å²) in [6.07, 6.45) is 4.82. The summed E-state index contributed by atoms with van der Waals surface area (Å²) in [5.74, 6) is 1.96. The van der Waals surface area contributed by atoms with Crippen LogP contribution in [-0.4, -0.2) is 86.5 Å². The Morgan fingerprint density at radius 1 is 1.04 bits per heavy atom. The molecule has 0 N–H and O–H groups in total. The zero-order chi connectivity index (χ0) is 18.6. The van der Waals surface area contributed by atoms with Crippen LogP contribution in [0.2, 0.25) is 0 Å². The standard InChI is InChI=1S/C18H26N8O/c1-2-23-9-11-25(12-10-23)18(27)15-5-7-24(8-6-15)16-3-4-17(22-21-16)26-14-19-13-20-26/h3-4,13-15H,2,5-12H2,1H3. The minimum Gasteiger partial charge on any atom is -0.355 e. The molecule has 9 heteroatoms. The van der Waals surface area contributed by atoms with Gasteiger partial charge in [0.2, 0.25) is 5.91 Å². The maximum absolute atomic E-state index is 12.8. The zero-order valence-electron chi connectivity index (χ0n) is 15.7. The third kappa shape index (κ3) is 3.92. The van der Waals surface area contributed by atoms with Crippen molar-refractivity contribution in [2.45, 2.75) is 19.8 Å². The summed E-state index contributed by atoms with van der Waals surface area (Å²) < 4.78 is 1.58. The van der Waals surface area contributed by atoms with Crippen LogP contribution in [0.3, 0.4) is 0 Å². The molecule has 0 spiro atoms. The van der Waals surface area contributed by atoms with E-state index in [9.17, 15) is 4.79 Å². The molecule has 2 aliphatic rings. The Balaban J connectivity index is 1.30. The molecule has 1 amide bonds. The van der Waals surface area contributed by atoms with Crippen LogP contribution in [-0.2, 0) is 4.79 Å². The molecule has 9 nitrogen and oxygen atoms in total. The SMILES string of the molecule is CCN1CCN(C(=O)C2CCN(c3ccc(-n4cncn4)nn3)CC2)CC1. The molecule has 4 heterocycles. The van der Waals surface area contributed by atoms with Gasteiger partial charge in [0, 0.05) is 45.2 Å². The summed E-state index contributed by atoms with van der Waals surface area (Å²) in [5.41, 5.74) is 0. The number of hydrogen-bond donors (Lipinski definition) is 0. The fraction of sp³-hybridized carbons (Fsp3) is 0.611. The molecular weight excluding hydrogens is 344 g/mol. The van der Waals surface area contributed by atoms with E-state index in [0.717, 1.165) is 64.5 Å². The molecule has 0 aliphatic carbocycles. The average Bonchev–Trinajstić information content (AvgIpc) is 3.28. The summed E-state index contributed by atoms with van der Waals surface area (Å²) in [6, 6.07) is 3.84. The number of piperidine rings is 1. The predicted molar refractivity (Wildman–Crippen MR) is 101 cm³/mol. The number of carbonyl (C=O) groups excluding carboxylic acids is 1. The number of carbonyl (C=O) groups is 1. The highest BCUT2D eigenvalue weighted by molar-refractivity contribution is 5.79. The van der Waals surface area contributed by atoms with Gasteiger partial charge >= 0.3 is 0 Å². The smallest absolute Gasteiger partial charge is 0.225 e. The lowest BCUT2D eigenvalue weighted by atomic mass is 9.95. The summed E-state index contributed by atoms with van der Waals surface area (Å²) in [5, 5.41) is 12.6. The van der Waals surface area contributed by atoms with E-state index in [2.05, 4.69) is 41.9 Å². The molecule has 2 aromatic rings. The number of rotatable bonds is 4. The van der Waals surface area contributed by atoms with Crippen LogP contribution in [0.15, 0.2) is 24.8 Å². The highest BCUT2D eigenvalue weighted by atomic mass is 16.2. The second-order valence-electron chi connectivity index (χ2n) is 7.11. The molecule has 0 atom stereocenters. The van der Waals surface area contributed by atoms with E-state index in [1.54, 1.807) is 11.0 Å². The Labute approximate surface area is 159 Å². The monoisotopic (exact) mass is 370 g/mol. The van der Waals surface area contributed by atoms with E-state index in [0.29, 0.717) is 11.7 Å². The molecule has 0 bridgehead atoms. The van der Waals surface area contributed by atoms with E-state index in [4.69, 9.17) is 0 Å². The Hall–Kier alpha value is -2.55. The molecule has 0 radical (unpaired) electrons. The predicted octanol–water partition coefficient (Wildman–Crippen LogP) is 0.438. The van der Waals surface area contributed by atoms with E-state index < -0.39 is 0 Å². The van der Waals surface area contributed by atoms with E-state index in [-0.39, 0.29) is 5.92 Å². The minimum absolute atomic E-state index is 0.136. The molecule has 0 aromatic carbocycles. The Morgan fingerprint density at radius 3 is 2.33 bits per heavy atom. The Kier molecular flexibility index (Phi) is 5.28. The first-order chi connectivity index (χ1) is 13.2. The first-order valence-corrected chi connectivity index (χ1v) is 9.69. The number of piperazine rings is 1. The number of aromatic nitrogens is 5. The summed E-state index contributed by atoms with van der Waals surface area (Å²) in [7, 11) is 0. The molecule has 2 aromatic heterocycles. The minimum atomic E-state index is 0.136. The maximum atomic E-state index is 12.8. The van der Waals surface area contributed by atoms with Crippen LogP contribution in [0, 0.1) is 5.92 Å². The van der Waals surface area contributed by atoms with Gasteiger partial charge in [-0.05, 0) is 31.5 Å². The molecular formula is C18H26N8O. The van der Waals surface area contributed by atoms with Crippen LogP contribution >= 0.6 is 0 Å². The third-order valence-corrected chi connectivity index (χ3v) is 5.59. The van der Waals surface area contributed by atoms with Crippen LogP contribution in [0.1, 0.15) is 19.8 Å². The van der Waals surface area contributed by atoms with Crippen molar-refractivity contribution in [3.05, 3.63) is 24.8 Å². The molecule has 0 saturated carbocycles. The van der Waals surface area contributed by atoms with Crippen LogP contribution in [0.4, 0.5) is 5.82 Å². The normalized spacial score (nSPS) is 19.4. The molecule has 4 rings (SSSR count). The van der Waals surface area contributed by atoms with Gasteiger partial charge in [-0.25, -0.2) is 9.67 Å². The number of amides is 1. The van der Waals surface area contributed by atoms with Gasteiger partial charge in [-0.15, -0.1) is 10.2 Å². The van der Waals surface area contributed by atoms with Crippen molar-refractivity contribution < 1.29 is 4.79 Å². The highest BCUT2D eigenvalue weighted by Gasteiger charge is 2.30. The lowest BCUT2D eigenvalue weighted by Gasteiger charge is -2.38. The third-order valence-electron chi connectivity index (χ3n) is 5.59. The molecule has 144 valence electrons. The molecule has 27 heavy (non-hydrogen) atoms. The van der Waals surface area contributed by atoms with Gasteiger partial charge in [0.15, 0.2) is 11.6 Å². The molecule has 0 unspecified atom stereocenters. The van der Waals surface area contributed by atoms with Crippen molar-refractivity contribution in [3.8, 4) is 5.82 Å². The van der Waals surface area contributed by atoms with Crippen molar-refractivity contribution in [2.75, 3.05) is 50.7 Å². The van der Waals surface area contributed by atoms with E-state index in [1.807, 2.05) is 12.1 Å². The summed E-state index contributed by atoms with van der Waals surface area (Å²) in [6.45, 7) is 8.63. The topological polar surface area (TPSA) is 83.3 Å². The van der Waals surface area contributed by atoms with E-state index in [1.165, 1.54) is 6.33 Å². The van der Waals surface area contributed by atoms with Gasteiger partial charge in [0.1, 0.15) is 12.7 Å². The van der Waals surface area contributed by atoms with Crippen molar-refractivity contribution in [1.29, 1.82) is 0 Å². The molecule has 2 fully saturated rings. The summed E-state index contributed by atoms with van der Waals surface area (Å²) >= 11 is 0. The first kappa shape index (κ1) is 17.8. The number of nitrogens with zero attached hydrogens (tertiary/aromatic N) is 8. The number of anilines is 1. The second-order valence-corrected chi connectivity index (χ2v) is 7.11. The Morgan fingerprint density at radius 2 is 1.74 bits per heavy atom. The maximum Gasteiger partial charge on any atom is 0.225 e. The van der Waals surface area contributed by atoms with Gasteiger partial charge < -0.3 is 14.7 Å². The van der Waals surface area contributed by atoms with Crippen LogP contribution in [0.25, 0.3) is 5.82 Å². The average molecular weight is 370 g/mol. The fourth-order valence-electron chi connectivity index (χ4n) is 3.83. The van der Waals surface area contributed by atoms with Gasteiger partial charge in [-0.3, -0.25) is 4.79 Å². The highest BCUT2D eigenvalue weighted by Crippen LogP contribution is 2.24. The van der Waals surface area contributed by atoms with Gasteiger partial charge in [0.25, 0.3) is 0 Å². The fourth-order valence-corrected chi connectivity index (χ4v) is 3.83. The summed E-state index contributed by atoms with van der Waals surface area (Å²) in [4.78, 5) is 23.4. The Bertz CT molecular complexity index is 731. The van der Waals surface area contributed by atoms with Gasteiger partial charge in [-0.1, -0.05) is 6.92 Å². The van der Waals surface area contributed by atoms with Gasteiger partial charge in [0.05, 0.1) is 0 Å². The van der Waals surface area contributed by atoms with Crippen molar-refractivity contribution in [2.24, 2.45) is 5.92 Å². The molecule has 2 aliphatic heterocycles. The van der Waals surface area contributed by atoms with Crippen molar-refractivity contribution >= 4 is 11.7 Å². The van der Waals surface area contributed by atoms with Crippen molar-refractivity contribution in [1.82, 2.24) is 34.8 Å². The van der Waals surface area contributed by atoms with Crippen LogP contribution in [0.5, 0.6) is 0 Å². The first-order valence-electron chi connectivity index (χ1n) is 9.69. The largest absolute Gasteiger partial charge is 0.355 e. The number of hydrogen-bond acceptors (Lipinski definition) is 7. The van der Waals surface area contributed by atoms with E-state index >= 15 is 0 Å². The quantitative estimate of drug-likeness (QED) is 0.772. The number of likely N-dealkylation sites (N-methyl/N-ethyl adjacent to an activating group) is 1. The lowest BCUT2D eigenvalue weighted by Crippen LogP contribution is -2.51.